The van der Waals surface area contributed by atoms with Crippen molar-refractivity contribution in [3.05, 3.63) is 47.0 Å². The number of H-pyrrole nitrogens is 1. The van der Waals surface area contributed by atoms with E-state index in [1.807, 2.05) is 19.1 Å². The van der Waals surface area contributed by atoms with Crippen LogP contribution >= 0.6 is 0 Å². The number of carbonyl (C=O) groups excluding carboxylic acids is 1. The maximum atomic E-state index is 13.1. The van der Waals surface area contributed by atoms with Gasteiger partial charge in [-0.2, -0.15) is 5.10 Å². The second-order valence-electron chi connectivity index (χ2n) is 6.59. The normalized spacial score (nSPS) is 15.7. The number of hydrogen-bond donors (Lipinski definition) is 3. The highest BCUT2D eigenvalue weighted by Crippen LogP contribution is 2.22. The summed E-state index contributed by atoms with van der Waals surface area (Å²) in [6.45, 7) is 3.19. The average Bonchev–Trinajstić information content (AvgIpc) is 3.16. The minimum absolute atomic E-state index is 0.0685. The van der Waals surface area contributed by atoms with Crippen LogP contribution in [0.2, 0.25) is 0 Å². The van der Waals surface area contributed by atoms with Crippen molar-refractivity contribution in [2.24, 2.45) is 0 Å². The molecule has 136 valence electrons. The summed E-state index contributed by atoms with van der Waals surface area (Å²) in [7, 11) is 0. The molecule has 0 spiro atoms. The van der Waals surface area contributed by atoms with Gasteiger partial charge in [-0.1, -0.05) is 6.07 Å². The fraction of sp³-hybridized carbons (Fsp3) is 0.389. The van der Waals surface area contributed by atoms with Gasteiger partial charge in [0, 0.05) is 13.1 Å². The van der Waals surface area contributed by atoms with Crippen molar-refractivity contribution in [2.45, 2.75) is 32.5 Å². The molecule has 0 bridgehead atoms. The summed E-state index contributed by atoms with van der Waals surface area (Å²) >= 11 is 0. The number of aliphatic hydroxyl groups is 2. The van der Waals surface area contributed by atoms with Crippen LogP contribution in [0.1, 0.15) is 40.1 Å². The molecular formula is C18H21N5O3. The molecular weight excluding hydrogens is 334 g/mol. The molecule has 3 N–H and O–H groups in total. The maximum Gasteiger partial charge on any atom is 0.256 e. The van der Waals surface area contributed by atoms with Gasteiger partial charge in [-0.25, -0.2) is 4.98 Å². The van der Waals surface area contributed by atoms with Crippen LogP contribution in [0.4, 0.5) is 0 Å². The van der Waals surface area contributed by atoms with E-state index in [0.717, 1.165) is 23.5 Å². The molecule has 0 saturated carbocycles. The SMILES string of the molecule is Cc1nc2c(C(=O)N3CCCn4nc(C(O)CO)cc4C3)cccc2[nH]1. The molecule has 2 aromatic heterocycles. The number of amides is 1. The summed E-state index contributed by atoms with van der Waals surface area (Å²) in [5, 5.41) is 23.3. The molecule has 0 aliphatic carbocycles. The molecule has 0 saturated heterocycles. The van der Waals surface area contributed by atoms with E-state index in [1.54, 1.807) is 21.7 Å². The Bertz CT molecular complexity index is 961. The Morgan fingerprint density at radius 1 is 1.38 bits per heavy atom. The van der Waals surface area contributed by atoms with E-state index in [-0.39, 0.29) is 12.5 Å². The van der Waals surface area contributed by atoms with E-state index in [2.05, 4.69) is 15.1 Å². The number of aromatic nitrogens is 4. The zero-order valence-corrected chi connectivity index (χ0v) is 14.5. The number of imidazole rings is 1. The molecule has 1 aromatic carbocycles. The average molecular weight is 355 g/mol. The third-order valence-corrected chi connectivity index (χ3v) is 4.70. The first-order chi connectivity index (χ1) is 12.6. The molecule has 1 amide bonds. The summed E-state index contributed by atoms with van der Waals surface area (Å²) in [5.41, 5.74) is 3.40. The molecule has 0 fully saturated rings. The predicted molar refractivity (Wildman–Crippen MR) is 94.5 cm³/mol. The third-order valence-electron chi connectivity index (χ3n) is 4.70. The van der Waals surface area contributed by atoms with Crippen molar-refractivity contribution >= 4 is 16.9 Å². The van der Waals surface area contributed by atoms with Crippen LogP contribution in [-0.2, 0) is 13.1 Å². The fourth-order valence-corrected chi connectivity index (χ4v) is 3.41. The smallest absolute Gasteiger partial charge is 0.256 e. The first-order valence-corrected chi connectivity index (χ1v) is 8.67. The number of benzene rings is 1. The number of carbonyl (C=O) groups is 1. The van der Waals surface area contributed by atoms with E-state index < -0.39 is 6.10 Å². The molecule has 3 aromatic rings. The van der Waals surface area contributed by atoms with Crippen molar-refractivity contribution in [3.63, 3.8) is 0 Å². The number of aromatic amines is 1. The van der Waals surface area contributed by atoms with E-state index in [4.69, 9.17) is 5.11 Å². The molecule has 8 nitrogen and oxygen atoms in total. The lowest BCUT2D eigenvalue weighted by Crippen LogP contribution is -2.30. The number of rotatable bonds is 3. The first kappa shape index (κ1) is 16.7. The van der Waals surface area contributed by atoms with Crippen LogP contribution in [0.3, 0.4) is 0 Å². The van der Waals surface area contributed by atoms with E-state index >= 15 is 0 Å². The number of nitrogens with one attached hydrogen (secondary N) is 1. The summed E-state index contributed by atoms with van der Waals surface area (Å²) in [4.78, 5) is 22.5. The number of nitrogens with zero attached hydrogens (tertiary/aromatic N) is 4. The van der Waals surface area contributed by atoms with Crippen LogP contribution < -0.4 is 0 Å². The van der Waals surface area contributed by atoms with Crippen molar-refractivity contribution in [3.8, 4) is 0 Å². The standard InChI is InChI=1S/C18H21N5O3/c1-11-19-14-5-2-4-13(17(14)20-11)18(26)22-6-3-7-23-12(9-22)8-15(21-23)16(25)10-24/h2,4-5,8,16,24-25H,3,6-7,9-10H2,1H3,(H,19,20). The van der Waals surface area contributed by atoms with Gasteiger partial charge >= 0.3 is 0 Å². The van der Waals surface area contributed by atoms with E-state index in [9.17, 15) is 9.90 Å². The topological polar surface area (TPSA) is 107 Å². The molecule has 8 heteroatoms. The largest absolute Gasteiger partial charge is 0.393 e. The monoisotopic (exact) mass is 355 g/mol. The van der Waals surface area contributed by atoms with Crippen LogP contribution in [-0.4, -0.2) is 53.9 Å². The zero-order valence-electron chi connectivity index (χ0n) is 14.5. The van der Waals surface area contributed by atoms with Crippen molar-refractivity contribution in [1.29, 1.82) is 0 Å². The highest BCUT2D eigenvalue weighted by Gasteiger charge is 2.24. The van der Waals surface area contributed by atoms with Crippen LogP contribution in [0.25, 0.3) is 11.0 Å². The molecule has 1 aliphatic heterocycles. The van der Waals surface area contributed by atoms with Gasteiger partial charge in [-0.3, -0.25) is 9.48 Å². The number of aliphatic hydroxyl groups excluding tert-OH is 2. The molecule has 0 radical (unpaired) electrons. The van der Waals surface area contributed by atoms with Crippen molar-refractivity contribution in [2.75, 3.05) is 13.2 Å². The second kappa shape index (κ2) is 6.54. The lowest BCUT2D eigenvalue weighted by atomic mass is 10.1. The Kier molecular flexibility index (Phi) is 4.21. The van der Waals surface area contributed by atoms with Crippen LogP contribution in [0.15, 0.2) is 24.3 Å². The van der Waals surface area contributed by atoms with Crippen molar-refractivity contribution in [1.82, 2.24) is 24.6 Å². The van der Waals surface area contributed by atoms with Gasteiger partial charge < -0.3 is 20.1 Å². The minimum Gasteiger partial charge on any atom is -0.393 e. The molecule has 3 heterocycles. The quantitative estimate of drug-likeness (QED) is 0.653. The number of para-hydroxylation sites is 1. The lowest BCUT2D eigenvalue weighted by molar-refractivity contribution is 0.0747. The summed E-state index contributed by atoms with van der Waals surface area (Å²) in [6.07, 6.45) is -0.232. The molecule has 1 unspecified atom stereocenters. The third kappa shape index (κ3) is 2.87. The number of fused-ring (bicyclic) bond motifs is 2. The fourth-order valence-electron chi connectivity index (χ4n) is 3.41. The number of hydrogen-bond acceptors (Lipinski definition) is 5. The highest BCUT2D eigenvalue weighted by atomic mass is 16.3. The maximum absolute atomic E-state index is 13.1. The zero-order chi connectivity index (χ0) is 18.3. The molecule has 1 aliphatic rings. The van der Waals surface area contributed by atoms with E-state index in [0.29, 0.717) is 36.4 Å². The van der Waals surface area contributed by atoms with Gasteiger partial charge in [0.25, 0.3) is 5.91 Å². The van der Waals surface area contributed by atoms with Crippen LogP contribution in [0.5, 0.6) is 0 Å². The summed E-state index contributed by atoms with van der Waals surface area (Å²) in [5.74, 6) is 0.706. The summed E-state index contributed by atoms with van der Waals surface area (Å²) in [6, 6.07) is 7.32. The van der Waals surface area contributed by atoms with Gasteiger partial charge in [0.15, 0.2) is 0 Å². The Labute approximate surface area is 150 Å². The molecule has 4 rings (SSSR count). The molecule has 1 atom stereocenters. The van der Waals surface area contributed by atoms with Gasteiger partial charge in [-0.15, -0.1) is 0 Å². The van der Waals surface area contributed by atoms with Crippen molar-refractivity contribution < 1.29 is 15.0 Å². The highest BCUT2D eigenvalue weighted by molar-refractivity contribution is 6.04. The molecule has 26 heavy (non-hydrogen) atoms. The van der Waals surface area contributed by atoms with Gasteiger partial charge in [0.1, 0.15) is 17.4 Å². The Morgan fingerprint density at radius 3 is 3.04 bits per heavy atom. The van der Waals surface area contributed by atoms with Crippen LogP contribution in [0, 0.1) is 6.92 Å². The Morgan fingerprint density at radius 2 is 2.23 bits per heavy atom. The Balaban J connectivity index is 1.65. The first-order valence-electron chi connectivity index (χ1n) is 8.67. The van der Waals surface area contributed by atoms with Gasteiger partial charge in [0.05, 0.1) is 35.6 Å². The van der Waals surface area contributed by atoms with E-state index in [1.165, 1.54) is 0 Å². The lowest BCUT2D eigenvalue weighted by Gasteiger charge is -2.20. The second-order valence-corrected chi connectivity index (χ2v) is 6.59. The summed E-state index contributed by atoms with van der Waals surface area (Å²) < 4.78 is 1.81. The Hall–Kier alpha value is -2.71. The predicted octanol–water partition coefficient (Wildman–Crippen LogP) is 1.14. The minimum atomic E-state index is -1.00. The van der Waals surface area contributed by atoms with Gasteiger partial charge in [0.2, 0.25) is 0 Å². The number of aryl methyl sites for hydroxylation is 2. The van der Waals surface area contributed by atoms with Gasteiger partial charge in [-0.05, 0) is 31.5 Å².